The topological polar surface area (TPSA) is 138 Å². The highest BCUT2D eigenvalue weighted by molar-refractivity contribution is 6.12. The van der Waals surface area contributed by atoms with Crippen molar-refractivity contribution in [3.8, 4) is 0 Å². The first kappa shape index (κ1) is 39.1. The second-order valence-corrected chi connectivity index (χ2v) is 9.48. The molecular weight excluding hydrogens is 566 g/mol. The number of unbranched alkanes of at least 4 members (excludes halogenated alkanes) is 1. The molecule has 0 N–H and O–H groups in total. The summed E-state index contributed by atoms with van der Waals surface area (Å²) in [6, 6.07) is 0. The summed E-state index contributed by atoms with van der Waals surface area (Å²) in [5.74, 6) is -0.751. The Morgan fingerprint density at radius 2 is 0.930 bits per heavy atom. The molecule has 0 fully saturated rings. The van der Waals surface area contributed by atoms with Crippen molar-refractivity contribution in [1.29, 1.82) is 0 Å². The number of amides is 2. The van der Waals surface area contributed by atoms with Gasteiger partial charge in [-0.15, -0.1) is 0 Å². The fourth-order valence-corrected chi connectivity index (χ4v) is 3.71. The summed E-state index contributed by atoms with van der Waals surface area (Å²) in [7, 11) is 0. The van der Waals surface area contributed by atoms with Crippen molar-refractivity contribution in [2.45, 2.75) is 39.5 Å². The van der Waals surface area contributed by atoms with Crippen molar-refractivity contribution >= 4 is 17.8 Å². The molecule has 13 heteroatoms. The number of hydrogen-bond acceptors (Lipinski definition) is 12. The van der Waals surface area contributed by atoms with Gasteiger partial charge in [0.25, 0.3) is 11.8 Å². The zero-order valence-electron chi connectivity index (χ0n) is 26.1. The lowest BCUT2D eigenvalue weighted by atomic mass is 10.00. The Hall–Kier alpha value is -1.97. The van der Waals surface area contributed by atoms with Crippen molar-refractivity contribution < 1.29 is 57.0 Å². The third-order valence-electron chi connectivity index (χ3n) is 6.17. The van der Waals surface area contributed by atoms with Crippen LogP contribution in [-0.4, -0.2) is 142 Å². The fraction of sp³-hybridized carbons (Fsp3) is 0.833. The Morgan fingerprint density at radius 1 is 0.581 bits per heavy atom. The van der Waals surface area contributed by atoms with Crippen molar-refractivity contribution in [1.82, 2.24) is 4.90 Å². The van der Waals surface area contributed by atoms with Gasteiger partial charge in [-0.2, -0.15) is 0 Å². The molecule has 1 aliphatic heterocycles. The van der Waals surface area contributed by atoms with Crippen LogP contribution in [0.3, 0.4) is 0 Å². The maximum Gasteiger partial charge on any atom is 0.308 e. The van der Waals surface area contributed by atoms with Crippen LogP contribution in [0.2, 0.25) is 0 Å². The van der Waals surface area contributed by atoms with Gasteiger partial charge in [-0.25, -0.2) is 0 Å². The number of hydrogen-bond donors (Lipinski definition) is 0. The lowest BCUT2D eigenvalue weighted by Crippen LogP contribution is -2.33. The molecule has 0 bridgehead atoms. The van der Waals surface area contributed by atoms with E-state index in [1.54, 1.807) is 0 Å². The van der Waals surface area contributed by atoms with Gasteiger partial charge in [0.1, 0.15) is 6.61 Å². The van der Waals surface area contributed by atoms with Crippen molar-refractivity contribution in [2.75, 3.05) is 119 Å². The highest BCUT2D eigenvalue weighted by atomic mass is 16.6. The normalized spacial score (nSPS) is 13.8. The lowest BCUT2D eigenvalue weighted by Gasteiger charge is -2.13. The molecular formula is C30H53NO12. The zero-order valence-corrected chi connectivity index (χ0v) is 26.1. The summed E-state index contributed by atoms with van der Waals surface area (Å²) in [4.78, 5) is 35.9. The average Bonchev–Trinajstić information content (AvgIpc) is 3.33. The molecule has 2 amide bonds. The van der Waals surface area contributed by atoms with E-state index in [9.17, 15) is 14.4 Å². The number of imide groups is 1. The summed E-state index contributed by atoms with van der Waals surface area (Å²) in [5, 5.41) is 0. The van der Waals surface area contributed by atoms with Gasteiger partial charge in [-0.05, 0) is 12.8 Å². The summed E-state index contributed by atoms with van der Waals surface area (Å²) in [6.07, 6.45) is 6.32. The van der Waals surface area contributed by atoms with E-state index in [0.717, 1.165) is 30.6 Å². The van der Waals surface area contributed by atoms with Gasteiger partial charge in [0.2, 0.25) is 0 Å². The van der Waals surface area contributed by atoms with Crippen LogP contribution < -0.4 is 0 Å². The van der Waals surface area contributed by atoms with Gasteiger partial charge in [-0.1, -0.05) is 26.7 Å². The summed E-state index contributed by atoms with van der Waals surface area (Å²) in [5.41, 5.74) is 0. The van der Waals surface area contributed by atoms with Crippen molar-refractivity contribution in [2.24, 2.45) is 5.92 Å². The minimum atomic E-state index is -0.308. The molecule has 1 aliphatic rings. The van der Waals surface area contributed by atoms with Crippen molar-refractivity contribution in [3.05, 3.63) is 12.2 Å². The quantitative estimate of drug-likeness (QED) is 0.0617. The molecule has 0 saturated heterocycles. The molecule has 0 spiro atoms. The molecule has 250 valence electrons. The molecule has 0 aromatic heterocycles. The van der Waals surface area contributed by atoms with Gasteiger partial charge in [-0.3, -0.25) is 19.3 Å². The van der Waals surface area contributed by atoms with E-state index in [2.05, 4.69) is 6.92 Å². The van der Waals surface area contributed by atoms with Gasteiger partial charge in [0.05, 0.1) is 118 Å². The Kier molecular flexibility index (Phi) is 26.1. The smallest absolute Gasteiger partial charge is 0.308 e. The second-order valence-electron chi connectivity index (χ2n) is 9.48. The molecule has 0 saturated carbocycles. The Bertz CT molecular complexity index is 718. The SMILES string of the molecule is CCCCC(CC)C(=O)OCCOCCOCCOCCOCCOCCOCCOCCOCCN1C(=O)C=CC1=O. The van der Waals surface area contributed by atoms with Crippen LogP contribution in [0.5, 0.6) is 0 Å². The number of rotatable bonds is 32. The highest BCUT2D eigenvalue weighted by Gasteiger charge is 2.22. The number of carbonyl (C=O) groups is 3. The zero-order chi connectivity index (χ0) is 31.2. The van der Waals surface area contributed by atoms with Crippen LogP contribution >= 0.6 is 0 Å². The van der Waals surface area contributed by atoms with Gasteiger partial charge >= 0.3 is 5.97 Å². The minimum Gasteiger partial charge on any atom is -0.463 e. The second kappa shape index (κ2) is 28.8. The van der Waals surface area contributed by atoms with Gasteiger partial charge < -0.3 is 42.6 Å². The predicted molar refractivity (Wildman–Crippen MR) is 157 cm³/mol. The third kappa shape index (κ3) is 22.2. The molecule has 0 aromatic carbocycles. The van der Waals surface area contributed by atoms with Gasteiger partial charge in [0, 0.05) is 12.2 Å². The maximum atomic E-state index is 12.0. The van der Waals surface area contributed by atoms with E-state index in [1.807, 2.05) is 6.92 Å². The van der Waals surface area contributed by atoms with Crippen molar-refractivity contribution in [3.63, 3.8) is 0 Å². The molecule has 1 rings (SSSR count). The number of esters is 1. The highest BCUT2D eigenvalue weighted by Crippen LogP contribution is 2.14. The summed E-state index contributed by atoms with van der Waals surface area (Å²) < 4.78 is 48.7. The molecule has 1 atom stereocenters. The maximum absolute atomic E-state index is 12.0. The first-order valence-corrected chi connectivity index (χ1v) is 15.4. The van der Waals surface area contributed by atoms with Crippen LogP contribution in [0.4, 0.5) is 0 Å². The standard InChI is InChI=1S/C30H53NO12/c1-3-5-6-27(4-2)30(34)43-26-25-42-24-23-41-22-21-40-20-19-39-18-17-38-16-15-37-14-13-36-12-11-35-10-9-31-28(32)7-8-29(31)33/h7-8,27H,3-6,9-26H2,1-2H3. The minimum absolute atomic E-state index is 0.00879. The third-order valence-corrected chi connectivity index (χ3v) is 6.17. The Morgan fingerprint density at radius 3 is 1.28 bits per heavy atom. The average molecular weight is 620 g/mol. The van der Waals surface area contributed by atoms with E-state index in [4.69, 9.17) is 42.6 Å². The molecule has 0 aliphatic carbocycles. The molecule has 43 heavy (non-hydrogen) atoms. The van der Waals surface area contributed by atoms with Gasteiger partial charge in [0.15, 0.2) is 0 Å². The number of carbonyl (C=O) groups excluding carboxylic acids is 3. The number of ether oxygens (including phenoxy) is 9. The van der Waals surface area contributed by atoms with E-state index >= 15 is 0 Å². The molecule has 1 heterocycles. The van der Waals surface area contributed by atoms with Crippen LogP contribution in [0.15, 0.2) is 12.2 Å². The number of nitrogens with zero attached hydrogens (tertiary/aromatic N) is 1. The lowest BCUT2D eigenvalue weighted by molar-refractivity contribution is -0.150. The molecule has 0 radical (unpaired) electrons. The summed E-state index contributed by atoms with van der Waals surface area (Å²) in [6.45, 7) is 11.6. The summed E-state index contributed by atoms with van der Waals surface area (Å²) >= 11 is 0. The van der Waals surface area contributed by atoms with E-state index < -0.39 is 0 Å². The predicted octanol–water partition coefficient (Wildman–Crippen LogP) is 1.80. The molecule has 0 aromatic rings. The largest absolute Gasteiger partial charge is 0.463 e. The Labute approximate surface area is 256 Å². The first-order valence-electron chi connectivity index (χ1n) is 15.4. The van der Waals surface area contributed by atoms with Crippen LogP contribution in [0.25, 0.3) is 0 Å². The Balaban J connectivity index is 1.69. The fourth-order valence-electron chi connectivity index (χ4n) is 3.71. The molecule has 13 nitrogen and oxygen atoms in total. The van der Waals surface area contributed by atoms with E-state index in [1.165, 1.54) is 12.2 Å². The van der Waals surface area contributed by atoms with Crippen LogP contribution in [0.1, 0.15) is 39.5 Å². The van der Waals surface area contributed by atoms with E-state index in [0.29, 0.717) is 99.1 Å². The monoisotopic (exact) mass is 619 g/mol. The van der Waals surface area contributed by atoms with Crippen LogP contribution in [0, 0.1) is 5.92 Å². The van der Waals surface area contributed by atoms with E-state index in [-0.39, 0.29) is 43.5 Å². The first-order chi connectivity index (χ1) is 21.1. The molecule has 1 unspecified atom stereocenters. The van der Waals surface area contributed by atoms with Crippen LogP contribution in [-0.2, 0) is 57.0 Å².